The van der Waals surface area contributed by atoms with E-state index in [2.05, 4.69) is 6.58 Å². The monoisotopic (exact) mass is 312 g/mol. The molecular weight excluding hydrogens is 288 g/mol. The fourth-order valence-corrected chi connectivity index (χ4v) is 2.91. The lowest BCUT2D eigenvalue weighted by molar-refractivity contribution is -0.156. The van der Waals surface area contributed by atoms with Gasteiger partial charge in [0.25, 0.3) is 0 Å². The fourth-order valence-electron chi connectivity index (χ4n) is 2.91. The van der Waals surface area contributed by atoms with Gasteiger partial charge in [-0.1, -0.05) is 13.0 Å². The van der Waals surface area contributed by atoms with Crippen molar-refractivity contribution in [1.29, 1.82) is 0 Å². The number of carboxylic acids is 2. The van der Waals surface area contributed by atoms with Crippen LogP contribution in [0.3, 0.4) is 0 Å². The molecule has 1 aliphatic carbocycles. The van der Waals surface area contributed by atoms with Crippen molar-refractivity contribution in [2.75, 3.05) is 6.61 Å². The lowest BCUT2D eigenvalue weighted by Crippen LogP contribution is -2.35. The molecule has 0 aliphatic heterocycles. The highest BCUT2D eigenvalue weighted by molar-refractivity contribution is 5.86. The molecule has 3 atom stereocenters. The van der Waals surface area contributed by atoms with Gasteiger partial charge in [-0.3, -0.25) is 9.59 Å². The highest BCUT2D eigenvalue weighted by atomic mass is 16.5. The van der Waals surface area contributed by atoms with E-state index in [1.165, 1.54) is 0 Å². The molecule has 0 aromatic carbocycles. The molecule has 3 unspecified atom stereocenters. The Balaban J connectivity index is 2.30. The van der Waals surface area contributed by atoms with Crippen molar-refractivity contribution in [3.8, 4) is 0 Å². The molecule has 2 N–H and O–H groups in total. The molecule has 0 aromatic rings. The van der Waals surface area contributed by atoms with E-state index in [1.54, 1.807) is 6.92 Å². The molecule has 0 saturated heterocycles. The molecule has 0 amide bonds. The van der Waals surface area contributed by atoms with Gasteiger partial charge in [0.05, 0.1) is 18.4 Å². The predicted molar refractivity (Wildman–Crippen MR) is 79.2 cm³/mol. The third kappa shape index (κ3) is 5.50. The van der Waals surface area contributed by atoms with E-state index in [0.717, 1.165) is 25.7 Å². The zero-order valence-corrected chi connectivity index (χ0v) is 12.9. The smallest absolute Gasteiger partial charge is 0.333 e. The SMILES string of the molecule is C=C(C)C(=O)OCCCCC1CCC(C(=O)O)C(C(=O)O)C1. The first-order valence-electron chi connectivity index (χ1n) is 7.61. The predicted octanol–water partition coefficient (Wildman–Crippen LogP) is 2.48. The van der Waals surface area contributed by atoms with Crippen molar-refractivity contribution >= 4 is 17.9 Å². The molecule has 124 valence electrons. The Kier molecular flexibility index (Phi) is 7.08. The Morgan fingerprint density at radius 2 is 1.73 bits per heavy atom. The average molecular weight is 312 g/mol. The number of rotatable bonds is 8. The summed E-state index contributed by atoms with van der Waals surface area (Å²) >= 11 is 0. The van der Waals surface area contributed by atoms with Crippen LogP contribution < -0.4 is 0 Å². The molecule has 0 heterocycles. The van der Waals surface area contributed by atoms with Crippen molar-refractivity contribution in [3.05, 3.63) is 12.2 Å². The summed E-state index contributed by atoms with van der Waals surface area (Å²) in [6.07, 6.45) is 3.96. The minimum atomic E-state index is -1.02. The van der Waals surface area contributed by atoms with Crippen LogP contribution >= 0.6 is 0 Å². The quantitative estimate of drug-likeness (QED) is 0.405. The van der Waals surface area contributed by atoms with E-state index in [1.807, 2.05) is 0 Å². The van der Waals surface area contributed by atoms with E-state index in [0.29, 0.717) is 25.0 Å². The van der Waals surface area contributed by atoms with Gasteiger partial charge in [-0.25, -0.2) is 4.79 Å². The Bertz CT molecular complexity index is 442. The van der Waals surface area contributed by atoms with Gasteiger partial charge in [-0.2, -0.15) is 0 Å². The van der Waals surface area contributed by atoms with Crippen molar-refractivity contribution in [2.45, 2.75) is 45.4 Å². The van der Waals surface area contributed by atoms with Crippen LogP contribution in [0.5, 0.6) is 0 Å². The molecule has 0 bridgehead atoms. The lowest BCUT2D eigenvalue weighted by Gasteiger charge is -2.31. The molecular formula is C16H24O6. The highest BCUT2D eigenvalue weighted by Crippen LogP contribution is 2.36. The second-order valence-electron chi connectivity index (χ2n) is 5.98. The summed E-state index contributed by atoms with van der Waals surface area (Å²) < 4.78 is 4.99. The number of hydrogen-bond donors (Lipinski definition) is 2. The first-order chi connectivity index (χ1) is 10.3. The lowest BCUT2D eigenvalue weighted by atomic mass is 9.72. The van der Waals surface area contributed by atoms with Crippen LogP contribution in [-0.4, -0.2) is 34.7 Å². The van der Waals surface area contributed by atoms with E-state index >= 15 is 0 Å². The molecule has 1 fully saturated rings. The summed E-state index contributed by atoms with van der Waals surface area (Å²) in [5.41, 5.74) is 0.372. The van der Waals surface area contributed by atoms with Crippen molar-refractivity contribution < 1.29 is 29.3 Å². The van der Waals surface area contributed by atoms with Gasteiger partial charge in [-0.15, -0.1) is 0 Å². The number of hydrogen-bond acceptors (Lipinski definition) is 4. The van der Waals surface area contributed by atoms with Gasteiger partial charge in [0.2, 0.25) is 0 Å². The van der Waals surface area contributed by atoms with Crippen molar-refractivity contribution in [3.63, 3.8) is 0 Å². The standard InChI is InChI=1S/C16H24O6/c1-10(2)16(21)22-8-4-3-5-11-6-7-12(14(17)18)13(9-11)15(19)20/h11-13H,1,3-9H2,2H3,(H,17,18)(H,19,20). The summed E-state index contributed by atoms with van der Waals surface area (Å²) in [5.74, 6) is -3.77. The second kappa shape index (κ2) is 8.56. The van der Waals surface area contributed by atoms with Crippen LogP contribution in [0.2, 0.25) is 0 Å². The Morgan fingerprint density at radius 3 is 2.27 bits per heavy atom. The zero-order chi connectivity index (χ0) is 16.7. The number of ether oxygens (including phenoxy) is 1. The van der Waals surface area contributed by atoms with Crippen LogP contribution in [0, 0.1) is 17.8 Å². The molecule has 1 rings (SSSR count). The van der Waals surface area contributed by atoms with E-state index in [4.69, 9.17) is 14.9 Å². The fraction of sp³-hybridized carbons (Fsp3) is 0.688. The molecule has 22 heavy (non-hydrogen) atoms. The number of aliphatic carboxylic acids is 2. The highest BCUT2D eigenvalue weighted by Gasteiger charge is 2.39. The van der Waals surface area contributed by atoms with Crippen LogP contribution in [0.4, 0.5) is 0 Å². The van der Waals surface area contributed by atoms with Crippen LogP contribution in [0.1, 0.15) is 45.4 Å². The largest absolute Gasteiger partial charge is 0.481 e. The summed E-state index contributed by atoms with van der Waals surface area (Å²) in [7, 11) is 0. The van der Waals surface area contributed by atoms with Gasteiger partial charge in [0.15, 0.2) is 0 Å². The molecule has 0 radical (unpaired) electrons. The molecule has 1 saturated carbocycles. The maximum absolute atomic E-state index is 11.2. The van der Waals surface area contributed by atoms with Gasteiger partial charge < -0.3 is 14.9 Å². The average Bonchev–Trinajstić information content (AvgIpc) is 2.46. The first kappa shape index (κ1) is 18.2. The van der Waals surface area contributed by atoms with E-state index in [9.17, 15) is 14.4 Å². The molecule has 0 aromatic heterocycles. The summed E-state index contributed by atoms with van der Waals surface area (Å²) in [4.78, 5) is 33.5. The molecule has 6 nitrogen and oxygen atoms in total. The Morgan fingerprint density at radius 1 is 1.09 bits per heavy atom. The first-order valence-corrected chi connectivity index (χ1v) is 7.61. The Labute approximate surface area is 130 Å². The number of carbonyl (C=O) groups is 3. The maximum atomic E-state index is 11.2. The summed E-state index contributed by atoms with van der Waals surface area (Å²) in [5, 5.41) is 18.2. The number of carboxylic acid groups (broad SMARTS) is 2. The normalized spacial score (nSPS) is 24.5. The number of carbonyl (C=O) groups excluding carboxylic acids is 1. The van der Waals surface area contributed by atoms with Crippen molar-refractivity contribution in [2.24, 2.45) is 17.8 Å². The van der Waals surface area contributed by atoms with Gasteiger partial charge in [0, 0.05) is 5.57 Å². The number of esters is 1. The van der Waals surface area contributed by atoms with Crippen LogP contribution in [0.25, 0.3) is 0 Å². The second-order valence-corrected chi connectivity index (χ2v) is 5.98. The van der Waals surface area contributed by atoms with Gasteiger partial charge >= 0.3 is 17.9 Å². The molecule has 0 spiro atoms. The topological polar surface area (TPSA) is 101 Å². The van der Waals surface area contributed by atoms with Crippen LogP contribution in [-0.2, 0) is 19.1 Å². The summed E-state index contributed by atoms with van der Waals surface area (Å²) in [6, 6.07) is 0. The Hall–Kier alpha value is -1.85. The van der Waals surface area contributed by atoms with E-state index < -0.39 is 29.7 Å². The zero-order valence-electron chi connectivity index (χ0n) is 12.9. The van der Waals surface area contributed by atoms with Crippen LogP contribution in [0.15, 0.2) is 12.2 Å². The van der Waals surface area contributed by atoms with Gasteiger partial charge in [0.1, 0.15) is 0 Å². The third-order valence-electron chi connectivity index (χ3n) is 4.18. The van der Waals surface area contributed by atoms with E-state index in [-0.39, 0.29) is 5.92 Å². The maximum Gasteiger partial charge on any atom is 0.333 e. The third-order valence-corrected chi connectivity index (χ3v) is 4.18. The minimum Gasteiger partial charge on any atom is -0.481 e. The van der Waals surface area contributed by atoms with Crippen molar-refractivity contribution in [1.82, 2.24) is 0 Å². The van der Waals surface area contributed by atoms with Gasteiger partial charge in [-0.05, 0) is 44.9 Å². The molecule has 6 heteroatoms. The molecule has 1 aliphatic rings. The number of unbranched alkanes of at least 4 members (excludes halogenated alkanes) is 1. The summed E-state index contributed by atoms with van der Waals surface area (Å²) in [6.45, 7) is 5.42. The minimum absolute atomic E-state index is 0.230.